The van der Waals surface area contributed by atoms with E-state index < -0.39 is 11.7 Å². The molecule has 0 aromatic heterocycles. The average Bonchev–Trinajstić information content (AvgIpc) is 2.80. The Bertz CT molecular complexity index is 300. The third kappa shape index (κ3) is 2.84. The zero-order valence-corrected chi connectivity index (χ0v) is 10.2. The van der Waals surface area contributed by atoms with Crippen molar-refractivity contribution in [2.24, 2.45) is 0 Å². The first kappa shape index (κ1) is 12.5. The zero-order valence-electron chi connectivity index (χ0n) is 10.2. The number of hydrogen-bond acceptors (Lipinski definition) is 4. The van der Waals surface area contributed by atoms with Gasteiger partial charge in [0.05, 0.1) is 13.2 Å². The number of rotatable bonds is 3. The number of amides is 1. The molecule has 1 N–H and O–H groups in total. The van der Waals surface area contributed by atoms with Gasteiger partial charge in [-0.2, -0.15) is 0 Å². The van der Waals surface area contributed by atoms with Gasteiger partial charge in [-0.3, -0.25) is 9.59 Å². The van der Waals surface area contributed by atoms with Gasteiger partial charge in [-0.05, 0) is 12.8 Å². The van der Waals surface area contributed by atoms with E-state index in [2.05, 4.69) is 5.32 Å². The molecule has 0 aromatic carbocycles. The van der Waals surface area contributed by atoms with Crippen molar-refractivity contribution in [2.75, 3.05) is 13.2 Å². The number of ketones is 1. The lowest BCUT2D eigenvalue weighted by Crippen LogP contribution is -2.45. The minimum atomic E-state index is -0.457. The maximum atomic E-state index is 11.4. The van der Waals surface area contributed by atoms with E-state index in [9.17, 15) is 9.59 Å². The highest BCUT2D eigenvalue weighted by molar-refractivity contribution is 6.36. The number of Topliss-reactive ketones (excluding diaryl/α,β-unsaturated/α-hetero) is 1. The number of hydrogen-bond donors (Lipinski definition) is 1. The summed E-state index contributed by atoms with van der Waals surface area (Å²) in [6.07, 6.45) is 3.46. The average molecular weight is 241 g/mol. The predicted octanol–water partition coefficient (Wildman–Crippen LogP) is 0.767. The molecule has 0 unspecified atom stereocenters. The molecule has 1 saturated carbocycles. The fraction of sp³-hybridized carbons (Fsp3) is 0.833. The first-order valence-corrected chi connectivity index (χ1v) is 6.27. The van der Waals surface area contributed by atoms with E-state index in [-0.39, 0.29) is 18.2 Å². The van der Waals surface area contributed by atoms with Crippen LogP contribution in [0.3, 0.4) is 0 Å². The summed E-state index contributed by atoms with van der Waals surface area (Å²) in [7, 11) is 0. The Balaban J connectivity index is 1.79. The third-order valence-electron chi connectivity index (χ3n) is 3.47. The molecule has 1 aliphatic heterocycles. The Hall–Kier alpha value is -0.940. The van der Waals surface area contributed by atoms with Crippen molar-refractivity contribution in [3.63, 3.8) is 0 Å². The van der Waals surface area contributed by atoms with Crippen molar-refractivity contribution >= 4 is 11.7 Å². The van der Waals surface area contributed by atoms with Crippen molar-refractivity contribution in [1.29, 1.82) is 0 Å². The highest BCUT2D eigenvalue weighted by Crippen LogP contribution is 2.35. The summed E-state index contributed by atoms with van der Waals surface area (Å²) in [6.45, 7) is 3.01. The molecule has 1 aliphatic carbocycles. The maximum absolute atomic E-state index is 11.4. The molecule has 1 saturated heterocycles. The van der Waals surface area contributed by atoms with Crippen LogP contribution < -0.4 is 5.32 Å². The molecule has 2 aliphatic rings. The van der Waals surface area contributed by atoms with E-state index in [1.807, 2.05) is 0 Å². The lowest BCUT2D eigenvalue weighted by molar-refractivity contribution is -0.180. The predicted molar refractivity (Wildman–Crippen MR) is 60.3 cm³/mol. The van der Waals surface area contributed by atoms with Gasteiger partial charge in [0.25, 0.3) is 5.91 Å². The number of carbonyl (C=O) groups excluding carboxylic acids is 2. The lowest BCUT2D eigenvalue weighted by Gasteiger charge is -2.35. The van der Waals surface area contributed by atoms with Crippen LogP contribution in [-0.4, -0.2) is 36.7 Å². The molecule has 17 heavy (non-hydrogen) atoms. The maximum Gasteiger partial charge on any atom is 0.287 e. The molecule has 1 amide bonds. The molecule has 0 radical (unpaired) electrons. The highest BCUT2D eigenvalue weighted by Gasteiger charge is 2.40. The quantitative estimate of drug-likeness (QED) is 0.741. The van der Waals surface area contributed by atoms with Crippen LogP contribution in [0, 0.1) is 0 Å². The number of nitrogens with one attached hydrogen (secondary N) is 1. The molecule has 96 valence electrons. The van der Waals surface area contributed by atoms with Crippen LogP contribution >= 0.6 is 0 Å². The Labute approximate surface area is 101 Å². The van der Waals surface area contributed by atoms with Gasteiger partial charge in [0.15, 0.2) is 5.79 Å². The topological polar surface area (TPSA) is 64.6 Å². The molecule has 1 heterocycles. The lowest BCUT2D eigenvalue weighted by atomic mass is 9.90. The SMILES string of the molecule is CCC(=O)C(=O)NC1CCC2(CC1)OCCO2. The minimum Gasteiger partial charge on any atom is -0.348 e. The Kier molecular flexibility index (Phi) is 3.79. The smallest absolute Gasteiger partial charge is 0.287 e. The molecular formula is C12H19NO4. The van der Waals surface area contributed by atoms with Gasteiger partial charge in [-0.25, -0.2) is 0 Å². The Morgan fingerprint density at radius 3 is 2.35 bits per heavy atom. The van der Waals surface area contributed by atoms with Gasteiger partial charge < -0.3 is 14.8 Å². The summed E-state index contributed by atoms with van der Waals surface area (Å²) in [5.41, 5.74) is 0. The van der Waals surface area contributed by atoms with E-state index in [0.29, 0.717) is 13.2 Å². The Morgan fingerprint density at radius 2 is 1.82 bits per heavy atom. The molecule has 2 fully saturated rings. The normalized spacial score (nSPS) is 23.8. The second-order valence-corrected chi connectivity index (χ2v) is 4.63. The largest absolute Gasteiger partial charge is 0.348 e. The molecule has 5 heteroatoms. The molecule has 0 aromatic rings. The molecule has 2 rings (SSSR count). The number of carbonyl (C=O) groups is 2. The first-order chi connectivity index (χ1) is 8.15. The van der Waals surface area contributed by atoms with Crippen molar-refractivity contribution < 1.29 is 19.1 Å². The van der Waals surface area contributed by atoms with Crippen molar-refractivity contribution in [3.8, 4) is 0 Å². The van der Waals surface area contributed by atoms with Crippen LogP contribution in [0.1, 0.15) is 39.0 Å². The summed E-state index contributed by atoms with van der Waals surface area (Å²) < 4.78 is 11.2. The van der Waals surface area contributed by atoms with Gasteiger partial charge >= 0.3 is 0 Å². The van der Waals surface area contributed by atoms with Crippen molar-refractivity contribution in [3.05, 3.63) is 0 Å². The number of ether oxygens (including phenoxy) is 2. The summed E-state index contributed by atoms with van der Waals surface area (Å²) in [4.78, 5) is 22.6. The van der Waals surface area contributed by atoms with Crippen LogP contribution in [0.5, 0.6) is 0 Å². The van der Waals surface area contributed by atoms with Crippen LogP contribution in [-0.2, 0) is 19.1 Å². The second kappa shape index (κ2) is 5.14. The van der Waals surface area contributed by atoms with Gasteiger partial charge in [0, 0.05) is 25.3 Å². The fourth-order valence-corrected chi connectivity index (χ4v) is 2.41. The fourth-order valence-electron chi connectivity index (χ4n) is 2.41. The second-order valence-electron chi connectivity index (χ2n) is 4.63. The Morgan fingerprint density at radius 1 is 1.24 bits per heavy atom. The van der Waals surface area contributed by atoms with Gasteiger partial charge in [-0.15, -0.1) is 0 Å². The summed E-state index contributed by atoms with van der Waals surface area (Å²) in [6, 6.07) is 0.0800. The van der Waals surface area contributed by atoms with Crippen LogP contribution in [0.2, 0.25) is 0 Å². The molecular weight excluding hydrogens is 222 g/mol. The highest BCUT2D eigenvalue weighted by atomic mass is 16.7. The van der Waals surface area contributed by atoms with Crippen LogP contribution in [0.25, 0.3) is 0 Å². The first-order valence-electron chi connectivity index (χ1n) is 6.27. The van der Waals surface area contributed by atoms with E-state index in [1.165, 1.54) is 0 Å². The molecule has 0 bridgehead atoms. The van der Waals surface area contributed by atoms with E-state index >= 15 is 0 Å². The molecule has 1 spiro atoms. The third-order valence-corrected chi connectivity index (χ3v) is 3.47. The van der Waals surface area contributed by atoms with Crippen molar-refractivity contribution in [1.82, 2.24) is 5.32 Å². The van der Waals surface area contributed by atoms with Crippen LogP contribution in [0.4, 0.5) is 0 Å². The zero-order chi connectivity index (χ0) is 12.3. The van der Waals surface area contributed by atoms with Crippen LogP contribution in [0.15, 0.2) is 0 Å². The minimum absolute atomic E-state index is 0.0800. The molecule has 5 nitrogen and oxygen atoms in total. The van der Waals surface area contributed by atoms with E-state index in [4.69, 9.17) is 9.47 Å². The standard InChI is InChI=1S/C12H19NO4/c1-2-10(14)11(15)13-9-3-5-12(6-4-9)16-7-8-17-12/h9H,2-8H2,1H3,(H,13,15). The van der Waals surface area contributed by atoms with Gasteiger partial charge in [0.1, 0.15) is 0 Å². The van der Waals surface area contributed by atoms with Gasteiger partial charge in [0.2, 0.25) is 5.78 Å². The summed E-state index contributed by atoms with van der Waals surface area (Å²) in [5, 5.41) is 2.78. The monoisotopic (exact) mass is 241 g/mol. The van der Waals surface area contributed by atoms with Crippen molar-refractivity contribution in [2.45, 2.75) is 50.9 Å². The van der Waals surface area contributed by atoms with E-state index in [0.717, 1.165) is 25.7 Å². The van der Waals surface area contributed by atoms with E-state index in [1.54, 1.807) is 6.92 Å². The summed E-state index contributed by atoms with van der Waals surface area (Å²) >= 11 is 0. The molecule has 0 atom stereocenters. The van der Waals surface area contributed by atoms with Gasteiger partial charge in [-0.1, -0.05) is 6.92 Å². The summed E-state index contributed by atoms with van der Waals surface area (Å²) in [5.74, 6) is -1.21.